The fraction of sp³-hybridized carbons (Fsp3) is 0.182. The van der Waals surface area contributed by atoms with Gasteiger partial charge in [-0.15, -0.1) is 5.11 Å². The Hall–Kier alpha value is -5.50. The molecule has 19 nitrogen and oxygen atoms in total. The number of nitrogens with one attached hydrogen (secondary N) is 5. The smallest absolute Gasteiger partial charge is 0.322 e. The molecule has 0 spiro atoms. The maximum absolute atomic E-state index is 9.97. The highest BCUT2D eigenvalue weighted by molar-refractivity contribution is 5.95. The molecule has 0 heterocycles. The molecule has 0 radical (unpaired) electrons. The molecule has 0 unspecified atom stereocenters. The van der Waals surface area contributed by atoms with E-state index in [9.17, 15) is 19.2 Å². The summed E-state index contributed by atoms with van der Waals surface area (Å²) >= 11 is 0. The lowest BCUT2D eigenvalue weighted by Crippen LogP contribution is -2.26. The first-order valence-corrected chi connectivity index (χ1v) is 10.3. The van der Waals surface area contributed by atoms with Crippen molar-refractivity contribution in [3.8, 4) is 0 Å². The Balaban J connectivity index is -0.000000183. The van der Waals surface area contributed by atoms with Gasteiger partial charge >= 0.3 is 11.9 Å². The van der Waals surface area contributed by atoms with Crippen molar-refractivity contribution in [1.82, 2.24) is 10.6 Å². The zero-order chi connectivity index (χ0) is 28.4. The Morgan fingerprint density at radius 3 is 1.32 bits per heavy atom. The number of rotatable bonds is 9. The average Bonchev–Trinajstić information content (AvgIpc) is 2.83. The van der Waals surface area contributed by atoms with E-state index in [0.717, 1.165) is 5.69 Å². The number of benzene rings is 2. The van der Waals surface area contributed by atoms with Crippen LogP contribution in [0, 0.1) is 10.8 Å². The lowest BCUT2D eigenvalue weighted by atomic mass is 10.2. The van der Waals surface area contributed by atoms with E-state index >= 15 is 0 Å². The van der Waals surface area contributed by atoms with Crippen molar-refractivity contribution in [3.05, 3.63) is 59.7 Å². The molecular formula is C22H37N9O10. The van der Waals surface area contributed by atoms with Crippen molar-refractivity contribution in [1.29, 1.82) is 10.8 Å². The van der Waals surface area contributed by atoms with E-state index in [0.29, 0.717) is 16.8 Å². The summed E-state index contributed by atoms with van der Waals surface area (Å²) in [5, 5.41) is 42.6. The normalized spacial score (nSPS) is 8.54. The number of nitrogens with two attached hydrogens (primary N) is 2. The third-order valence-corrected chi connectivity index (χ3v) is 3.70. The minimum atomic E-state index is -1.03. The van der Waals surface area contributed by atoms with Gasteiger partial charge in [0.1, 0.15) is 24.8 Å². The summed E-state index contributed by atoms with van der Waals surface area (Å²) in [5.74, 6) is -2.67. The van der Waals surface area contributed by atoms with Gasteiger partial charge in [-0.25, -0.2) is 0 Å². The molecule has 0 saturated carbocycles. The molecule has 0 aliphatic rings. The zero-order valence-corrected chi connectivity index (χ0v) is 22.1. The minimum Gasteiger partial charge on any atom is -0.480 e. The molecule has 0 aromatic heterocycles. The fourth-order valence-corrected chi connectivity index (χ4v) is 1.97. The van der Waals surface area contributed by atoms with E-state index in [4.69, 9.17) is 32.5 Å². The monoisotopic (exact) mass is 587 g/mol. The predicted octanol–water partition coefficient (Wildman–Crippen LogP) is -2.52. The highest BCUT2D eigenvalue weighted by atomic mass is 16.4. The zero-order valence-electron chi connectivity index (χ0n) is 22.1. The van der Waals surface area contributed by atoms with Crippen LogP contribution in [0.2, 0.25) is 0 Å². The molecule has 0 atom stereocenters. The van der Waals surface area contributed by atoms with Gasteiger partial charge in [-0.3, -0.25) is 35.4 Å². The van der Waals surface area contributed by atoms with Gasteiger partial charge in [0.25, 0.3) is 0 Å². The first-order valence-electron chi connectivity index (χ1n) is 10.3. The number of aliphatic carboxylic acids is 2. The lowest BCUT2D eigenvalue weighted by molar-refractivity contribution is -0.138. The highest BCUT2D eigenvalue weighted by Crippen LogP contribution is 2.14. The Kier molecular flexibility index (Phi) is 27.5. The van der Waals surface area contributed by atoms with Crippen LogP contribution in [0.25, 0.3) is 0 Å². The topological polar surface area (TPSA) is 395 Å². The third kappa shape index (κ3) is 24.6. The number of carbonyl (C=O) groups is 4. The lowest BCUT2D eigenvalue weighted by Gasteiger charge is -2.01. The maximum atomic E-state index is 9.97. The number of carbonyl (C=O) groups excluding carboxylic acids is 2. The second kappa shape index (κ2) is 24.8. The largest absolute Gasteiger partial charge is 0.480 e. The van der Waals surface area contributed by atoms with E-state index in [1.54, 1.807) is 48.5 Å². The molecule has 0 saturated heterocycles. The minimum absolute atomic E-state index is 0. The van der Waals surface area contributed by atoms with Gasteiger partial charge in [-0.05, 0) is 48.5 Å². The summed E-state index contributed by atoms with van der Waals surface area (Å²) < 4.78 is 0. The fourth-order valence-electron chi connectivity index (χ4n) is 1.97. The summed E-state index contributed by atoms with van der Waals surface area (Å²) in [6.07, 6.45) is 0. The molecular weight excluding hydrogens is 550 g/mol. The van der Waals surface area contributed by atoms with Gasteiger partial charge in [0, 0.05) is 25.0 Å². The van der Waals surface area contributed by atoms with E-state index < -0.39 is 11.9 Å². The van der Waals surface area contributed by atoms with E-state index in [1.807, 2.05) is 0 Å². The number of anilines is 1. The molecule has 2 aromatic rings. The second-order valence-electron chi connectivity index (χ2n) is 6.87. The number of amidine groups is 2. The first kappa shape index (κ1) is 45.4. The first-order chi connectivity index (χ1) is 17.3. The van der Waals surface area contributed by atoms with Gasteiger partial charge < -0.3 is 54.2 Å². The molecule has 19 N–H and O–H groups in total. The molecule has 0 aliphatic heterocycles. The molecule has 41 heavy (non-hydrogen) atoms. The van der Waals surface area contributed by atoms with Crippen molar-refractivity contribution < 1.29 is 51.3 Å². The van der Waals surface area contributed by atoms with Crippen molar-refractivity contribution in [2.45, 2.75) is 13.8 Å². The third-order valence-electron chi connectivity index (χ3n) is 3.70. The number of carboxylic acids is 2. The summed E-state index contributed by atoms with van der Waals surface area (Å²) in [6, 6.07) is 13.8. The van der Waals surface area contributed by atoms with Crippen molar-refractivity contribution in [3.63, 3.8) is 0 Å². The molecule has 2 rings (SSSR count). The molecule has 230 valence electrons. The molecule has 2 amide bonds. The van der Waals surface area contributed by atoms with E-state index in [1.165, 1.54) is 13.8 Å². The van der Waals surface area contributed by atoms with Crippen molar-refractivity contribution in [2.75, 3.05) is 18.5 Å². The maximum Gasteiger partial charge on any atom is 0.322 e. The molecule has 0 fully saturated rings. The Labute approximate surface area is 233 Å². The van der Waals surface area contributed by atoms with Crippen LogP contribution in [-0.2, 0) is 19.2 Å². The van der Waals surface area contributed by atoms with Crippen molar-refractivity contribution in [2.24, 2.45) is 21.8 Å². The molecule has 0 bridgehead atoms. The Morgan fingerprint density at radius 2 is 1.05 bits per heavy atom. The SMILES string of the molecule is CC(=O)NCC(=O)O.CC(=O)NCC(=O)O.N=C(N)c1ccc(N=NNc2ccc(C(=N)N)cc2)cc1.O.O.O.O. The van der Waals surface area contributed by atoms with E-state index in [-0.39, 0.29) is 58.5 Å². The van der Waals surface area contributed by atoms with Gasteiger partial charge in [0.05, 0.1) is 11.4 Å². The quantitative estimate of drug-likeness (QED) is 0.0645. The van der Waals surface area contributed by atoms with Crippen LogP contribution in [0.15, 0.2) is 58.9 Å². The van der Waals surface area contributed by atoms with Crippen LogP contribution in [0.3, 0.4) is 0 Å². The number of nitrogens with zero attached hydrogens (tertiary/aromatic N) is 2. The summed E-state index contributed by atoms with van der Waals surface area (Å²) in [5.41, 5.74) is 16.2. The van der Waals surface area contributed by atoms with Crippen LogP contribution in [-0.4, -0.2) is 80.6 Å². The highest BCUT2D eigenvalue weighted by Gasteiger charge is 1.98. The number of amides is 2. The summed E-state index contributed by atoms with van der Waals surface area (Å²) in [4.78, 5) is 39.3. The number of nitrogen functional groups attached to an aromatic ring is 2. The Bertz CT molecular complexity index is 1070. The van der Waals surface area contributed by atoms with Gasteiger partial charge in [0.15, 0.2) is 0 Å². The van der Waals surface area contributed by atoms with Gasteiger partial charge in [-0.1, -0.05) is 5.22 Å². The van der Waals surface area contributed by atoms with Crippen LogP contribution >= 0.6 is 0 Å². The van der Waals surface area contributed by atoms with Crippen LogP contribution < -0.4 is 27.5 Å². The number of hydrogen-bond donors (Lipinski definition) is 9. The number of carboxylic acid groups (broad SMARTS) is 2. The summed E-state index contributed by atoms with van der Waals surface area (Å²) in [6.45, 7) is 1.94. The van der Waals surface area contributed by atoms with Gasteiger partial charge in [0.2, 0.25) is 11.8 Å². The van der Waals surface area contributed by atoms with Crippen LogP contribution in [0.4, 0.5) is 11.4 Å². The standard InChI is InChI=1S/C14H15N7.2C4H7NO3.4H2O/c15-13(16)9-1-5-11(6-2-9)19-21-20-12-7-3-10(4-8-12)14(17)18;2*1-3(6)5-2-4(7)8;;;;/h1-8H,(H3,15,16)(H3,17,18)(H,19,20);2*2H2,1H3,(H,5,6)(H,7,8);4*1H2. The van der Waals surface area contributed by atoms with Crippen LogP contribution in [0.5, 0.6) is 0 Å². The predicted molar refractivity (Wildman–Crippen MR) is 150 cm³/mol. The average molecular weight is 588 g/mol. The molecule has 0 aliphatic carbocycles. The number of hydrogen-bond acceptors (Lipinski definition) is 8. The van der Waals surface area contributed by atoms with E-state index in [2.05, 4.69) is 26.4 Å². The molecule has 2 aromatic carbocycles. The van der Waals surface area contributed by atoms with Gasteiger partial charge in [-0.2, -0.15) is 0 Å². The Morgan fingerprint density at radius 1 is 0.707 bits per heavy atom. The van der Waals surface area contributed by atoms with Crippen molar-refractivity contribution >= 4 is 46.8 Å². The van der Waals surface area contributed by atoms with Crippen LogP contribution in [0.1, 0.15) is 25.0 Å². The second-order valence-corrected chi connectivity index (χ2v) is 6.87. The summed E-state index contributed by atoms with van der Waals surface area (Å²) in [7, 11) is 0. The molecule has 19 heteroatoms.